The molecule has 1 aromatic carbocycles. The molecule has 0 radical (unpaired) electrons. The highest BCUT2D eigenvalue weighted by Crippen LogP contribution is 2.36. The predicted molar refractivity (Wildman–Crippen MR) is 86.2 cm³/mol. The zero-order valence-corrected chi connectivity index (χ0v) is 13.9. The number of anilines is 1. The van der Waals surface area contributed by atoms with Crippen LogP contribution in [0.4, 0.5) is 10.2 Å². The van der Waals surface area contributed by atoms with E-state index in [1.165, 1.54) is 13.2 Å². The van der Waals surface area contributed by atoms with E-state index < -0.39 is 11.8 Å². The van der Waals surface area contributed by atoms with Crippen molar-refractivity contribution in [2.24, 2.45) is 0 Å². The highest BCUT2D eigenvalue weighted by molar-refractivity contribution is 9.10. The number of aromatic nitrogens is 1. The van der Waals surface area contributed by atoms with Crippen LogP contribution >= 0.6 is 15.9 Å². The number of carbonyl (C=O) groups excluding carboxylic acids is 1. The average Bonchev–Trinajstić information content (AvgIpc) is 3.03. The minimum atomic E-state index is -0.568. The van der Waals surface area contributed by atoms with Crippen LogP contribution in [0.3, 0.4) is 0 Å². The van der Waals surface area contributed by atoms with Crippen molar-refractivity contribution >= 4 is 27.7 Å². The summed E-state index contributed by atoms with van der Waals surface area (Å²) in [5.74, 6) is 0.436. The molecule has 5 nitrogen and oxygen atoms in total. The first-order valence-electron chi connectivity index (χ1n) is 7.00. The van der Waals surface area contributed by atoms with E-state index in [0.29, 0.717) is 24.5 Å². The Labute approximate surface area is 140 Å². The Bertz CT molecular complexity index is 767. The second kappa shape index (κ2) is 6.54. The predicted octanol–water partition coefficient (Wildman–Crippen LogP) is 3.32. The van der Waals surface area contributed by atoms with Crippen LogP contribution < -0.4 is 10.1 Å². The second-order valence-corrected chi connectivity index (χ2v) is 5.91. The van der Waals surface area contributed by atoms with Gasteiger partial charge in [-0.15, -0.1) is 0 Å². The van der Waals surface area contributed by atoms with E-state index in [1.807, 2.05) is 0 Å². The normalized spacial score (nSPS) is 12.5. The first-order chi connectivity index (χ1) is 11.1. The molecule has 0 aliphatic carbocycles. The van der Waals surface area contributed by atoms with Crippen LogP contribution in [-0.2, 0) is 17.7 Å². The number of hydrogen-bond acceptors (Lipinski definition) is 5. The smallest absolute Gasteiger partial charge is 0.337 e. The highest BCUT2D eigenvalue weighted by Gasteiger charge is 2.20. The molecule has 7 heteroatoms. The minimum absolute atomic E-state index is 0.182. The van der Waals surface area contributed by atoms with E-state index in [2.05, 4.69) is 31.0 Å². The summed E-state index contributed by atoms with van der Waals surface area (Å²) in [6.07, 6.45) is 2.43. The topological polar surface area (TPSA) is 60.5 Å². The Morgan fingerprint density at radius 3 is 3.09 bits per heavy atom. The summed E-state index contributed by atoms with van der Waals surface area (Å²) in [7, 11) is 1.26. The highest BCUT2D eigenvalue weighted by atomic mass is 79.9. The third-order valence-corrected chi connectivity index (χ3v) is 4.09. The van der Waals surface area contributed by atoms with Gasteiger partial charge in [-0.3, -0.25) is 0 Å². The van der Waals surface area contributed by atoms with Gasteiger partial charge in [0.15, 0.2) is 0 Å². The first kappa shape index (κ1) is 15.7. The summed E-state index contributed by atoms with van der Waals surface area (Å²) in [5, 5.41) is 3.17. The maximum atomic E-state index is 13.6. The molecule has 2 aromatic rings. The van der Waals surface area contributed by atoms with Gasteiger partial charge in [-0.1, -0.05) is 0 Å². The quantitative estimate of drug-likeness (QED) is 0.824. The second-order valence-electron chi connectivity index (χ2n) is 5.05. The summed E-state index contributed by atoms with van der Waals surface area (Å²) in [4.78, 5) is 15.9. The molecule has 0 fully saturated rings. The molecule has 0 bridgehead atoms. The first-order valence-corrected chi connectivity index (χ1v) is 7.79. The monoisotopic (exact) mass is 380 g/mol. The van der Waals surface area contributed by atoms with Gasteiger partial charge in [-0.2, -0.15) is 0 Å². The van der Waals surface area contributed by atoms with Crippen molar-refractivity contribution in [1.29, 1.82) is 0 Å². The van der Waals surface area contributed by atoms with E-state index >= 15 is 0 Å². The van der Waals surface area contributed by atoms with Crippen molar-refractivity contribution in [3.05, 3.63) is 51.4 Å². The summed E-state index contributed by atoms with van der Waals surface area (Å²) < 4.78 is 24.6. The van der Waals surface area contributed by atoms with Crippen LogP contribution in [0.5, 0.6) is 5.75 Å². The molecule has 0 saturated carbocycles. The molecule has 0 saturated heterocycles. The molecule has 0 amide bonds. The van der Waals surface area contributed by atoms with Gasteiger partial charge >= 0.3 is 5.97 Å². The number of fused-ring (bicyclic) bond motifs is 1. The molecule has 0 spiro atoms. The maximum Gasteiger partial charge on any atom is 0.337 e. The molecular weight excluding hydrogens is 367 g/mol. The number of nitrogens with one attached hydrogen (secondary N) is 1. The Kier molecular flexibility index (Phi) is 4.47. The number of benzene rings is 1. The fraction of sp³-hybridized carbons (Fsp3) is 0.250. The van der Waals surface area contributed by atoms with Crippen LogP contribution in [0, 0.1) is 5.82 Å². The SMILES string of the molecule is COC(=O)c1cc(F)cc(CNc2ncc(Br)c3c2CCO3)c1. The van der Waals surface area contributed by atoms with E-state index in [0.717, 1.165) is 28.3 Å². The third kappa shape index (κ3) is 3.29. The van der Waals surface area contributed by atoms with Gasteiger partial charge in [0.2, 0.25) is 0 Å². The number of pyridine rings is 1. The number of esters is 1. The lowest BCUT2D eigenvalue weighted by Gasteiger charge is -2.11. The van der Waals surface area contributed by atoms with Crippen LogP contribution in [0.25, 0.3) is 0 Å². The summed E-state index contributed by atoms with van der Waals surface area (Å²) >= 11 is 3.40. The van der Waals surface area contributed by atoms with Crippen molar-refractivity contribution < 1.29 is 18.7 Å². The van der Waals surface area contributed by atoms with E-state index in [4.69, 9.17) is 4.74 Å². The molecular formula is C16H14BrFN2O3. The Morgan fingerprint density at radius 1 is 1.48 bits per heavy atom. The Hall–Kier alpha value is -2.15. The fourth-order valence-corrected chi connectivity index (χ4v) is 2.94. The largest absolute Gasteiger partial charge is 0.492 e. The molecule has 0 atom stereocenters. The lowest BCUT2D eigenvalue weighted by Crippen LogP contribution is -2.07. The van der Waals surface area contributed by atoms with E-state index in [9.17, 15) is 9.18 Å². The molecule has 0 unspecified atom stereocenters. The van der Waals surface area contributed by atoms with Crippen LogP contribution in [-0.4, -0.2) is 24.7 Å². The lowest BCUT2D eigenvalue weighted by molar-refractivity contribution is 0.0600. The number of nitrogens with zero attached hydrogens (tertiary/aromatic N) is 1. The van der Waals surface area contributed by atoms with Crippen LogP contribution in [0.15, 0.2) is 28.9 Å². The minimum Gasteiger partial charge on any atom is -0.492 e. The Balaban J connectivity index is 1.81. The standard InChI is InChI=1S/C16H14BrFN2O3/c1-22-16(21)10-4-9(5-11(18)6-10)7-19-15-12-2-3-23-14(12)13(17)8-20-15/h4-6,8H,2-3,7H2,1H3,(H,19,20). The van der Waals surface area contributed by atoms with Gasteiger partial charge in [0.1, 0.15) is 17.4 Å². The maximum absolute atomic E-state index is 13.6. The van der Waals surface area contributed by atoms with Crippen molar-refractivity contribution in [1.82, 2.24) is 4.98 Å². The number of hydrogen-bond donors (Lipinski definition) is 1. The average molecular weight is 381 g/mol. The summed E-state index contributed by atoms with van der Waals surface area (Å²) in [6, 6.07) is 4.12. The molecule has 23 heavy (non-hydrogen) atoms. The molecule has 120 valence electrons. The molecule has 1 N–H and O–H groups in total. The molecule has 1 aromatic heterocycles. The number of methoxy groups -OCH3 is 1. The van der Waals surface area contributed by atoms with Gasteiger partial charge in [0.05, 0.1) is 23.8 Å². The molecule has 2 heterocycles. The number of carbonyl (C=O) groups is 1. The lowest BCUT2D eigenvalue weighted by atomic mass is 10.1. The van der Waals surface area contributed by atoms with Crippen molar-refractivity contribution in [2.45, 2.75) is 13.0 Å². The zero-order valence-electron chi connectivity index (χ0n) is 12.4. The van der Waals surface area contributed by atoms with Gasteiger partial charge in [0, 0.05) is 24.7 Å². The number of ether oxygens (including phenoxy) is 2. The van der Waals surface area contributed by atoms with E-state index in [-0.39, 0.29) is 5.56 Å². The third-order valence-electron chi connectivity index (χ3n) is 3.52. The molecule has 1 aliphatic rings. The van der Waals surface area contributed by atoms with E-state index in [1.54, 1.807) is 12.3 Å². The van der Waals surface area contributed by atoms with Crippen molar-refractivity contribution in [3.63, 3.8) is 0 Å². The summed E-state index contributed by atoms with van der Waals surface area (Å²) in [5.41, 5.74) is 1.80. The van der Waals surface area contributed by atoms with Gasteiger partial charge in [-0.25, -0.2) is 14.2 Å². The van der Waals surface area contributed by atoms with Crippen molar-refractivity contribution in [2.75, 3.05) is 19.0 Å². The zero-order chi connectivity index (χ0) is 16.4. The molecule has 1 aliphatic heterocycles. The number of halogens is 2. The molecule has 3 rings (SSSR count). The Morgan fingerprint density at radius 2 is 2.30 bits per heavy atom. The van der Waals surface area contributed by atoms with Crippen LogP contribution in [0.2, 0.25) is 0 Å². The van der Waals surface area contributed by atoms with Crippen molar-refractivity contribution in [3.8, 4) is 5.75 Å². The van der Waals surface area contributed by atoms with Crippen LogP contribution in [0.1, 0.15) is 21.5 Å². The van der Waals surface area contributed by atoms with Gasteiger partial charge in [0.25, 0.3) is 0 Å². The number of rotatable bonds is 4. The fourth-order valence-electron chi connectivity index (χ4n) is 2.48. The summed E-state index contributed by atoms with van der Waals surface area (Å²) in [6.45, 7) is 0.948. The van der Waals surface area contributed by atoms with Gasteiger partial charge < -0.3 is 14.8 Å². The van der Waals surface area contributed by atoms with Gasteiger partial charge in [-0.05, 0) is 39.7 Å².